The van der Waals surface area contributed by atoms with Crippen molar-refractivity contribution in [2.45, 2.75) is 0 Å². The van der Waals surface area contributed by atoms with Crippen molar-refractivity contribution in [2.75, 3.05) is 20.3 Å². The van der Waals surface area contributed by atoms with Gasteiger partial charge in [0, 0.05) is 13.2 Å². The second kappa shape index (κ2) is 5.04. The van der Waals surface area contributed by atoms with Crippen LogP contribution in [0.3, 0.4) is 0 Å². The zero-order chi connectivity index (χ0) is 10.4. The van der Waals surface area contributed by atoms with Gasteiger partial charge >= 0.3 is 0 Å². The smallest absolute Gasteiger partial charge is 0.298 e. The fourth-order valence-electron chi connectivity index (χ4n) is 0.882. The first kappa shape index (κ1) is 10.3. The van der Waals surface area contributed by atoms with Crippen molar-refractivity contribution in [3.05, 3.63) is 29.2 Å². The van der Waals surface area contributed by atoms with Crippen LogP contribution in [0.15, 0.2) is 18.3 Å². The highest BCUT2D eigenvalue weighted by molar-refractivity contribution is 5.26. The molecule has 1 aromatic rings. The molecule has 0 atom stereocenters. The third-order valence-electron chi connectivity index (χ3n) is 1.56. The Morgan fingerprint density at radius 1 is 1.57 bits per heavy atom. The number of aromatic nitrogens is 1. The lowest BCUT2D eigenvalue weighted by atomic mass is 10.3. The molecule has 5 heteroatoms. The van der Waals surface area contributed by atoms with Crippen molar-refractivity contribution in [1.82, 2.24) is 0 Å². The van der Waals surface area contributed by atoms with E-state index in [9.17, 15) is 5.21 Å². The van der Waals surface area contributed by atoms with Crippen LogP contribution in [0.5, 0.6) is 5.75 Å². The Labute approximate surface area is 81.7 Å². The van der Waals surface area contributed by atoms with E-state index >= 15 is 0 Å². The molecule has 1 heterocycles. The predicted octanol–water partition coefficient (Wildman–Crippen LogP) is 0.217. The lowest BCUT2D eigenvalue weighted by Crippen LogP contribution is -2.29. The average Bonchev–Trinajstić information content (AvgIpc) is 2.21. The maximum Gasteiger partial charge on any atom is 0.298 e. The van der Waals surface area contributed by atoms with Crippen LogP contribution in [0.25, 0.3) is 0 Å². The first-order valence-electron chi connectivity index (χ1n) is 4.03. The van der Waals surface area contributed by atoms with Crippen molar-refractivity contribution in [3.63, 3.8) is 0 Å². The van der Waals surface area contributed by atoms with Crippen LogP contribution in [0.1, 0.15) is 5.69 Å². The van der Waals surface area contributed by atoms with Crippen LogP contribution in [0.2, 0.25) is 0 Å². The Kier molecular flexibility index (Phi) is 3.70. The molecule has 1 rings (SSSR count). The van der Waals surface area contributed by atoms with Crippen LogP contribution >= 0.6 is 0 Å². The number of hydrogen-bond acceptors (Lipinski definition) is 4. The summed E-state index contributed by atoms with van der Waals surface area (Å²) in [5.41, 5.74) is 0.0138. The van der Waals surface area contributed by atoms with Crippen LogP contribution in [-0.2, 0) is 4.74 Å². The highest BCUT2D eigenvalue weighted by atomic mass is 16.5. The van der Waals surface area contributed by atoms with Crippen LogP contribution in [0, 0.1) is 16.5 Å². The van der Waals surface area contributed by atoms with Gasteiger partial charge < -0.3 is 14.7 Å². The SMILES string of the molecule is COCCOc1cc[n+]([O-])c(C#N)c1. The van der Waals surface area contributed by atoms with Crippen LogP contribution in [-0.4, -0.2) is 20.3 Å². The second-order valence-corrected chi connectivity index (χ2v) is 2.53. The van der Waals surface area contributed by atoms with Gasteiger partial charge in [0.1, 0.15) is 12.4 Å². The van der Waals surface area contributed by atoms with Gasteiger partial charge in [-0.1, -0.05) is 0 Å². The molecule has 1 aromatic heterocycles. The van der Waals surface area contributed by atoms with Crippen molar-refractivity contribution in [2.24, 2.45) is 0 Å². The molecule has 0 saturated carbocycles. The fraction of sp³-hybridized carbons (Fsp3) is 0.333. The van der Waals surface area contributed by atoms with Gasteiger partial charge in [-0.3, -0.25) is 0 Å². The van der Waals surface area contributed by atoms with Gasteiger partial charge in [-0.2, -0.15) is 9.99 Å². The highest BCUT2D eigenvalue weighted by Gasteiger charge is 2.05. The van der Waals surface area contributed by atoms with Crippen LogP contribution in [0.4, 0.5) is 0 Å². The summed E-state index contributed by atoms with van der Waals surface area (Å²) in [7, 11) is 1.57. The van der Waals surface area contributed by atoms with E-state index < -0.39 is 0 Å². The Morgan fingerprint density at radius 3 is 3.00 bits per heavy atom. The summed E-state index contributed by atoms with van der Waals surface area (Å²) in [5, 5.41) is 19.5. The Balaban J connectivity index is 2.66. The normalized spacial score (nSPS) is 9.43. The lowest BCUT2D eigenvalue weighted by molar-refractivity contribution is -0.608. The Bertz CT molecular complexity index is 346. The minimum absolute atomic E-state index is 0.0138. The van der Waals surface area contributed by atoms with Gasteiger partial charge in [0.15, 0.2) is 12.3 Å². The van der Waals surface area contributed by atoms with Crippen LogP contribution < -0.4 is 9.47 Å². The zero-order valence-electron chi connectivity index (χ0n) is 7.77. The number of hydrogen-bond donors (Lipinski definition) is 0. The number of ether oxygens (including phenoxy) is 2. The fourth-order valence-corrected chi connectivity index (χ4v) is 0.882. The average molecular weight is 194 g/mol. The molecule has 0 spiro atoms. The number of nitriles is 1. The molecule has 0 radical (unpaired) electrons. The second-order valence-electron chi connectivity index (χ2n) is 2.53. The minimum Gasteiger partial charge on any atom is -0.618 e. The van der Waals surface area contributed by atoms with E-state index in [-0.39, 0.29) is 5.69 Å². The van der Waals surface area contributed by atoms with Crippen molar-refractivity contribution in [1.29, 1.82) is 5.26 Å². The molecular weight excluding hydrogens is 184 g/mol. The lowest BCUT2D eigenvalue weighted by Gasteiger charge is -2.05. The molecule has 0 saturated heterocycles. The van der Waals surface area contributed by atoms with E-state index in [0.717, 1.165) is 0 Å². The van der Waals surface area contributed by atoms with E-state index in [4.69, 9.17) is 14.7 Å². The molecule has 0 fully saturated rings. The van der Waals surface area contributed by atoms with Gasteiger partial charge in [0.2, 0.25) is 0 Å². The Morgan fingerprint density at radius 2 is 2.36 bits per heavy atom. The first-order chi connectivity index (χ1) is 6.77. The molecule has 0 unspecified atom stereocenters. The van der Waals surface area contributed by atoms with E-state index in [1.165, 1.54) is 18.3 Å². The van der Waals surface area contributed by atoms with Gasteiger partial charge in [-0.05, 0) is 0 Å². The monoisotopic (exact) mass is 194 g/mol. The van der Waals surface area contributed by atoms with Gasteiger partial charge in [-0.25, -0.2) is 0 Å². The van der Waals surface area contributed by atoms with E-state index in [1.54, 1.807) is 13.2 Å². The third-order valence-corrected chi connectivity index (χ3v) is 1.56. The molecular formula is C9H10N2O3. The molecule has 0 aliphatic carbocycles. The topological polar surface area (TPSA) is 69.2 Å². The molecule has 0 amide bonds. The summed E-state index contributed by atoms with van der Waals surface area (Å²) >= 11 is 0. The number of rotatable bonds is 4. The largest absolute Gasteiger partial charge is 0.618 e. The zero-order valence-corrected chi connectivity index (χ0v) is 7.77. The maximum absolute atomic E-state index is 10.9. The molecule has 14 heavy (non-hydrogen) atoms. The molecule has 0 aliphatic rings. The number of methoxy groups -OCH3 is 1. The van der Waals surface area contributed by atoms with Gasteiger partial charge in [-0.15, -0.1) is 0 Å². The maximum atomic E-state index is 10.9. The minimum atomic E-state index is 0.0138. The van der Waals surface area contributed by atoms with Crippen molar-refractivity contribution in [3.8, 4) is 11.8 Å². The van der Waals surface area contributed by atoms with Gasteiger partial charge in [0.25, 0.3) is 5.69 Å². The molecule has 74 valence electrons. The van der Waals surface area contributed by atoms with E-state index in [2.05, 4.69) is 0 Å². The molecule has 5 nitrogen and oxygen atoms in total. The highest BCUT2D eigenvalue weighted by Crippen LogP contribution is 2.08. The third kappa shape index (κ3) is 2.61. The van der Waals surface area contributed by atoms with Crippen molar-refractivity contribution < 1.29 is 14.2 Å². The standard InChI is InChI=1S/C9H10N2O3/c1-13-4-5-14-9-2-3-11(12)8(6-9)7-10/h2-3,6H,4-5H2,1H3. The summed E-state index contributed by atoms with van der Waals surface area (Å²) in [5.74, 6) is 0.491. The summed E-state index contributed by atoms with van der Waals surface area (Å²) in [4.78, 5) is 0. The molecule has 0 bridgehead atoms. The number of pyridine rings is 1. The van der Waals surface area contributed by atoms with E-state index in [1.807, 2.05) is 0 Å². The summed E-state index contributed by atoms with van der Waals surface area (Å²) in [6, 6.07) is 4.66. The van der Waals surface area contributed by atoms with E-state index in [0.29, 0.717) is 23.7 Å². The first-order valence-corrected chi connectivity index (χ1v) is 4.03. The quantitative estimate of drug-likeness (QED) is 0.390. The molecule has 0 aromatic carbocycles. The number of nitrogens with zero attached hydrogens (tertiary/aromatic N) is 2. The van der Waals surface area contributed by atoms with Gasteiger partial charge in [0.05, 0.1) is 12.7 Å². The molecule has 0 aliphatic heterocycles. The summed E-state index contributed by atoms with van der Waals surface area (Å²) in [6.45, 7) is 0.860. The Hall–Kier alpha value is -1.80. The summed E-state index contributed by atoms with van der Waals surface area (Å²) < 4.78 is 10.5. The predicted molar refractivity (Wildman–Crippen MR) is 47.5 cm³/mol. The van der Waals surface area contributed by atoms with Crippen molar-refractivity contribution >= 4 is 0 Å². The molecule has 0 N–H and O–H groups in total. The summed E-state index contributed by atoms with van der Waals surface area (Å²) in [6.07, 6.45) is 1.24.